The maximum atomic E-state index is 7.96. The maximum Gasteiger partial charge on any atom is 0.161 e. The fourth-order valence-electron chi connectivity index (χ4n) is 4.47. The van der Waals surface area contributed by atoms with Gasteiger partial charge in [-0.3, -0.25) is 5.41 Å². The molecule has 0 radical (unpaired) electrons. The molecule has 0 saturated heterocycles. The van der Waals surface area contributed by atoms with Crippen LogP contribution in [0.25, 0.3) is 27.5 Å². The fourth-order valence-corrected chi connectivity index (χ4v) is 4.47. The topological polar surface area (TPSA) is 53.5 Å². The second-order valence-corrected chi connectivity index (χ2v) is 9.19. The van der Waals surface area contributed by atoms with Crippen molar-refractivity contribution in [2.45, 2.75) is 20.3 Å². The number of hydrogen-bond donors (Lipinski definition) is 1. The van der Waals surface area contributed by atoms with E-state index < -0.39 is 0 Å². The van der Waals surface area contributed by atoms with Gasteiger partial charge in [0.2, 0.25) is 0 Å². The van der Waals surface area contributed by atoms with E-state index in [-0.39, 0.29) is 5.84 Å². The molecule has 1 aliphatic rings. The molecule has 1 aliphatic carbocycles. The van der Waals surface area contributed by atoms with Crippen molar-refractivity contribution in [3.63, 3.8) is 0 Å². The van der Waals surface area contributed by atoms with E-state index in [9.17, 15) is 0 Å². The average Bonchev–Trinajstić information content (AvgIpc) is 3.11. The molecule has 198 valence electrons. The van der Waals surface area contributed by atoms with Gasteiger partial charge in [0.05, 0.1) is 11.0 Å². The van der Waals surface area contributed by atoms with E-state index >= 15 is 0 Å². The van der Waals surface area contributed by atoms with Crippen LogP contribution in [0.2, 0.25) is 0 Å². The minimum atomic E-state index is 0.111. The fraction of sp³-hybridized carbons (Fsp3) is 0.0833. The number of nitrogens with one attached hydrogen (secondary N) is 1. The molecule has 4 heteroatoms. The highest BCUT2D eigenvalue weighted by Crippen LogP contribution is 2.33. The van der Waals surface area contributed by atoms with Crippen LogP contribution in [0.1, 0.15) is 24.5 Å². The van der Waals surface area contributed by atoms with Gasteiger partial charge < -0.3 is 4.57 Å². The summed E-state index contributed by atoms with van der Waals surface area (Å²) in [7, 11) is 0. The monoisotopic (exact) mass is 522 g/mol. The minimum absolute atomic E-state index is 0.111. The van der Waals surface area contributed by atoms with Crippen LogP contribution in [0.15, 0.2) is 150 Å². The van der Waals surface area contributed by atoms with Crippen LogP contribution >= 0.6 is 0 Å². The second-order valence-electron chi connectivity index (χ2n) is 9.19. The van der Waals surface area contributed by atoms with Gasteiger partial charge in [-0.1, -0.05) is 109 Å². The zero-order chi connectivity index (χ0) is 28.3. The Morgan fingerprint density at radius 3 is 2.45 bits per heavy atom. The van der Waals surface area contributed by atoms with Gasteiger partial charge in [0.1, 0.15) is 0 Å². The SMILES string of the molecule is C=C/C(=C\C=C/C)C(=N)N=C(N=C)c1ccccc1.Cc1ccc2c(c1)c1ccccc1n2C1=CC=CCC=C1. The van der Waals surface area contributed by atoms with Crippen molar-refractivity contribution >= 4 is 45.9 Å². The summed E-state index contributed by atoms with van der Waals surface area (Å²) in [5, 5.41) is 10.6. The number of rotatable bonds is 5. The molecule has 0 spiro atoms. The van der Waals surface area contributed by atoms with Gasteiger partial charge in [0.15, 0.2) is 11.7 Å². The Hall–Kier alpha value is -5.09. The van der Waals surface area contributed by atoms with Crippen molar-refractivity contribution in [2.24, 2.45) is 9.98 Å². The number of para-hydroxylation sites is 1. The third kappa shape index (κ3) is 6.48. The van der Waals surface area contributed by atoms with Gasteiger partial charge in [-0.25, -0.2) is 9.98 Å². The summed E-state index contributed by atoms with van der Waals surface area (Å²) in [4.78, 5) is 8.06. The number of allylic oxidation sites excluding steroid dienone is 9. The van der Waals surface area contributed by atoms with Crippen molar-refractivity contribution in [3.05, 3.63) is 151 Å². The van der Waals surface area contributed by atoms with Gasteiger partial charge >= 0.3 is 0 Å². The Morgan fingerprint density at radius 1 is 0.950 bits per heavy atom. The number of hydrogen-bond acceptors (Lipinski definition) is 1. The Bertz CT molecular complexity index is 1720. The van der Waals surface area contributed by atoms with Crippen molar-refractivity contribution < 1.29 is 0 Å². The van der Waals surface area contributed by atoms with Gasteiger partial charge in [0.25, 0.3) is 0 Å². The number of aryl methyl sites for hydroxylation is 1. The third-order valence-corrected chi connectivity index (χ3v) is 6.41. The molecular formula is C36H34N4. The number of nitrogens with zero attached hydrogens (tertiary/aromatic N) is 3. The predicted molar refractivity (Wildman–Crippen MR) is 175 cm³/mol. The van der Waals surface area contributed by atoms with E-state index in [1.165, 1.54) is 33.1 Å². The van der Waals surface area contributed by atoms with Crippen molar-refractivity contribution in [1.82, 2.24) is 4.57 Å². The van der Waals surface area contributed by atoms with E-state index in [0.717, 1.165) is 12.0 Å². The minimum Gasteiger partial charge on any atom is -0.309 e. The van der Waals surface area contributed by atoms with Crippen LogP contribution in [0.5, 0.6) is 0 Å². The highest BCUT2D eigenvalue weighted by molar-refractivity contribution is 6.12. The lowest BCUT2D eigenvalue weighted by Gasteiger charge is -2.08. The molecule has 0 fully saturated rings. The molecule has 40 heavy (non-hydrogen) atoms. The third-order valence-electron chi connectivity index (χ3n) is 6.41. The summed E-state index contributed by atoms with van der Waals surface area (Å²) in [6.45, 7) is 11.2. The molecule has 1 aromatic heterocycles. The van der Waals surface area contributed by atoms with E-state index in [4.69, 9.17) is 5.41 Å². The first-order valence-electron chi connectivity index (χ1n) is 13.3. The summed E-state index contributed by atoms with van der Waals surface area (Å²) in [5.41, 5.74) is 6.53. The lowest BCUT2D eigenvalue weighted by molar-refractivity contribution is 1.23. The number of fused-ring (bicyclic) bond motifs is 3. The van der Waals surface area contributed by atoms with Gasteiger partial charge in [0, 0.05) is 27.6 Å². The zero-order valence-corrected chi connectivity index (χ0v) is 23.1. The largest absolute Gasteiger partial charge is 0.309 e. The van der Waals surface area contributed by atoms with Crippen molar-refractivity contribution in [3.8, 4) is 0 Å². The van der Waals surface area contributed by atoms with Gasteiger partial charge in [-0.2, -0.15) is 0 Å². The number of amidine groups is 2. The molecule has 0 amide bonds. The van der Waals surface area contributed by atoms with Crippen molar-refractivity contribution in [2.75, 3.05) is 0 Å². The predicted octanol–water partition coefficient (Wildman–Crippen LogP) is 9.26. The molecular weight excluding hydrogens is 488 g/mol. The Balaban J connectivity index is 0.000000186. The van der Waals surface area contributed by atoms with E-state index in [1.54, 1.807) is 12.2 Å². The van der Waals surface area contributed by atoms with Crippen LogP contribution in [-0.4, -0.2) is 23.0 Å². The first-order chi connectivity index (χ1) is 19.6. The molecule has 1 heterocycles. The van der Waals surface area contributed by atoms with Crippen LogP contribution < -0.4 is 0 Å². The highest BCUT2D eigenvalue weighted by atomic mass is 15.0. The molecule has 1 N–H and O–H groups in total. The quantitative estimate of drug-likeness (QED) is 0.154. The normalized spacial score (nSPS) is 13.6. The molecule has 0 atom stereocenters. The maximum absolute atomic E-state index is 7.96. The zero-order valence-electron chi connectivity index (χ0n) is 23.1. The highest BCUT2D eigenvalue weighted by Gasteiger charge is 2.12. The number of aromatic nitrogens is 1. The molecule has 4 nitrogen and oxygen atoms in total. The molecule has 3 aromatic carbocycles. The van der Waals surface area contributed by atoms with Crippen LogP contribution in [0, 0.1) is 12.3 Å². The molecule has 0 bridgehead atoms. The molecule has 0 aliphatic heterocycles. The summed E-state index contributed by atoms with van der Waals surface area (Å²) in [5.74, 6) is 0.540. The number of benzene rings is 3. The number of aliphatic imine (C=N–C) groups is 2. The summed E-state index contributed by atoms with van der Waals surface area (Å²) < 4.78 is 2.36. The van der Waals surface area contributed by atoms with E-state index in [1.807, 2.05) is 49.4 Å². The molecule has 0 saturated carbocycles. The summed E-state index contributed by atoms with van der Waals surface area (Å²) in [6, 6.07) is 24.8. The second kappa shape index (κ2) is 13.6. The molecule has 5 rings (SSSR count). The van der Waals surface area contributed by atoms with E-state index in [0.29, 0.717) is 11.4 Å². The Labute approximate surface area is 236 Å². The average molecular weight is 523 g/mol. The van der Waals surface area contributed by atoms with Crippen LogP contribution in [0.3, 0.4) is 0 Å². The summed E-state index contributed by atoms with van der Waals surface area (Å²) in [6.07, 6.45) is 19.0. The lowest BCUT2D eigenvalue weighted by Crippen LogP contribution is -2.03. The first-order valence-corrected chi connectivity index (χ1v) is 13.3. The van der Waals surface area contributed by atoms with Crippen LogP contribution in [-0.2, 0) is 0 Å². The Kier molecular flexibility index (Phi) is 9.52. The van der Waals surface area contributed by atoms with Gasteiger partial charge in [-0.15, -0.1) is 0 Å². The molecule has 4 aromatic rings. The molecule has 0 unspecified atom stereocenters. The standard InChI is InChI=1S/C20H17N.C16H17N3/c1-15-12-13-20-18(14-15)17-10-6-7-11-19(17)21(20)16-8-4-2-3-5-9-16;1-4-6-10-13(5-2)15(17)19-16(18-3)14-11-8-7-9-12-14/h2,4-14H,3H2,1H3;4-12,17H,2-3H2,1H3/b;6-4-,13-10+,17-15?,19-16?. The Morgan fingerprint density at radius 2 is 1.70 bits per heavy atom. The van der Waals surface area contributed by atoms with Gasteiger partial charge in [-0.05, 0) is 57.3 Å². The summed E-state index contributed by atoms with van der Waals surface area (Å²) >= 11 is 0. The van der Waals surface area contributed by atoms with E-state index in [2.05, 4.69) is 108 Å². The van der Waals surface area contributed by atoms with Crippen LogP contribution in [0.4, 0.5) is 0 Å². The first kappa shape index (κ1) is 27.9. The smallest absolute Gasteiger partial charge is 0.161 e. The van der Waals surface area contributed by atoms with Crippen molar-refractivity contribution in [1.29, 1.82) is 5.41 Å². The lowest BCUT2D eigenvalue weighted by atomic mass is 10.1.